The van der Waals surface area contributed by atoms with Crippen LogP contribution in [0.2, 0.25) is 0 Å². The fraction of sp³-hybridized carbons (Fsp3) is 0.474. The van der Waals surface area contributed by atoms with Crippen molar-refractivity contribution in [2.75, 3.05) is 26.8 Å². The largest absolute Gasteiger partial charge is 0.384 e. The predicted molar refractivity (Wildman–Crippen MR) is 92.9 cm³/mol. The Balaban J connectivity index is 1.71. The minimum Gasteiger partial charge on any atom is -0.384 e. The van der Waals surface area contributed by atoms with E-state index in [1.54, 1.807) is 19.2 Å². The lowest BCUT2D eigenvalue weighted by molar-refractivity contribution is -0.131. The normalized spacial score (nSPS) is 17.2. The summed E-state index contributed by atoms with van der Waals surface area (Å²) in [6.45, 7) is 4.60. The summed E-state index contributed by atoms with van der Waals surface area (Å²) >= 11 is 0. The fourth-order valence-corrected chi connectivity index (χ4v) is 3.33. The molecule has 1 aromatic heterocycles. The molecule has 1 aliphatic rings. The summed E-state index contributed by atoms with van der Waals surface area (Å²) in [5.41, 5.74) is 2.11. The molecule has 6 heteroatoms. The number of carbonyl (C=O) groups excluding carboxylic acids is 1. The first-order valence-electron chi connectivity index (χ1n) is 8.61. The number of hydrogen-bond acceptors (Lipinski definition) is 3. The maximum absolute atomic E-state index is 13.1. The zero-order valence-electron chi connectivity index (χ0n) is 14.7. The van der Waals surface area contributed by atoms with E-state index in [1.807, 2.05) is 18.0 Å². The molecule has 0 bridgehead atoms. The van der Waals surface area contributed by atoms with Gasteiger partial charge in [-0.2, -0.15) is 0 Å². The van der Waals surface area contributed by atoms with Crippen molar-refractivity contribution in [2.24, 2.45) is 0 Å². The number of aryl methyl sites for hydroxylation is 1. The second-order valence-electron chi connectivity index (χ2n) is 6.54. The van der Waals surface area contributed by atoms with Crippen LogP contribution in [0.4, 0.5) is 4.39 Å². The molecule has 0 saturated carbocycles. The molecule has 1 aliphatic heterocycles. The van der Waals surface area contributed by atoms with Crippen molar-refractivity contribution in [1.29, 1.82) is 0 Å². The summed E-state index contributed by atoms with van der Waals surface area (Å²) in [5, 5.41) is 0. The average molecular weight is 345 g/mol. The van der Waals surface area contributed by atoms with E-state index in [0.29, 0.717) is 26.1 Å². The lowest BCUT2D eigenvalue weighted by atomic mass is 10.1. The summed E-state index contributed by atoms with van der Waals surface area (Å²) in [6, 6.07) is 6.56. The van der Waals surface area contributed by atoms with Crippen LogP contribution < -0.4 is 0 Å². The maximum atomic E-state index is 13.1. The van der Waals surface area contributed by atoms with E-state index in [4.69, 9.17) is 4.74 Å². The minimum absolute atomic E-state index is 0.137. The number of hydrogen-bond donors (Lipinski definition) is 0. The molecule has 1 unspecified atom stereocenters. The monoisotopic (exact) mass is 345 g/mol. The Hall–Kier alpha value is -2.21. The molecule has 134 valence electrons. The van der Waals surface area contributed by atoms with Crippen LogP contribution in [0.5, 0.6) is 0 Å². The number of aromatic nitrogens is 2. The van der Waals surface area contributed by atoms with E-state index >= 15 is 0 Å². The molecule has 1 saturated heterocycles. The zero-order chi connectivity index (χ0) is 17.8. The van der Waals surface area contributed by atoms with Crippen LogP contribution in [0.25, 0.3) is 0 Å². The van der Waals surface area contributed by atoms with Crippen molar-refractivity contribution in [1.82, 2.24) is 14.5 Å². The molecule has 2 heterocycles. The van der Waals surface area contributed by atoms with Gasteiger partial charge >= 0.3 is 0 Å². The molecule has 1 aromatic carbocycles. The minimum atomic E-state index is -0.229. The van der Waals surface area contributed by atoms with Gasteiger partial charge in [0.05, 0.1) is 13.0 Å². The number of rotatable bonds is 6. The average Bonchev–Trinajstić information content (AvgIpc) is 3.22. The number of amides is 1. The Labute approximate surface area is 147 Å². The highest BCUT2D eigenvalue weighted by Gasteiger charge is 2.30. The van der Waals surface area contributed by atoms with Gasteiger partial charge in [0.15, 0.2) is 0 Å². The number of benzene rings is 1. The molecule has 1 atom stereocenters. The highest BCUT2D eigenvalue weighted by molar-refractivity contribution is 5.76. The Kier molecular flexibility index (Phi) is 5.48. The number of nitrogens with zero attached hydrogens (tertiary/aromatic N) is 3. The van der Waals surface area contributed by atoms with E-state index in [1.165, 1.54) is 12.1 Å². The number of carbonyl (C=O) groups is 1. The highest BCUT2D eigenvalue weighted by atomic mass is 19.1. The summed E-state index contributed by atoms with van der Waals surface area (Å²) < 4.78 is 20.3. The van der Waals surface area contributed by atoms with E-state index in [9.17, 15) is 9.18 Å². The first-order valence-corrected chi connectivity index (χ1v) is 8.61. The quantitative estimate of drug-likeness (QED) is 0.809. The van der Waals surface area contributed by atoms with E-state index in [2.05, 4.69) is 9.55 Å². The van der Waals surface area contributed by atoms with Crippen molar-refractivity contribution in [3.63, 3.8) is 0 Å². The van der Waals surface area contributed by atoms with Crippen LogP contribution in [0.3, 0.4) is 0 Å². The maximum Gasteiger partial charge on any atom is 0.224 e. The third-order valence-electron chi connectivity index (χ3n) is 4.77. The van der Waals surface area contributed by atoms with Crippen molar-refractivity contribution in [2.45, 2.75) is 32.2 Å². The molecular weight excluding hydrogens is 321 g/mol. The van der Waals surface area contributed by atoms with E-state index in [0.717, 1.165) is 30.0 Å². The van der Waals surface area contributed by atoms with Gasteiger partial charge < -0.3 is 14.2 Å². The molecule has 0 spiro atoms. The third-order valence-corrected chi connectivity index (χ3v) is 4.77. The van der Waals surface area contributed by atoms with Crippen molar-refractivity contribution in [3.8, 4) is 0 Å². The molecule has 2 aromatic rings. The van der Waals surface area contributed by atoms with Crippen LogP contribution in [0.1, 0.15) is 35.8 Å². The molecule has 1 fully saturated rings. The summed E-state index contributed by atoms with van der Waals surface area (Å²) in [4.78, 5) is 18.7. The number of methoxy groups -OCH3 is 1. The standard InChI is InChI=1S/C19H24FN3O2/c1-14-11-21-19(23(14)12-15-3-5-17(20)6-4-15)16-7-9-22(13-16)18(24)8-10-25-2/h3-6,11,16H,7-10,12-13H2,1-2H3. The summed E-state index contributed by atoms with van der Waals surface area (Å²) in [6.07, 6.45) is 3.21. The zero-order valence-corrected chi connectivity index (χ0v) is 14.7. The number of ether oxygens (including phenoxy) is 1. The molecule has 5 nitrogen and oxygen atoms in total. The molecule has 25 heavy (non-hydrogen) atoms. The Morgan fingerprint density at radius 1 is 1.36 bits per heavy atom. The van der Waals surface area contributed by atoms with Gasteiger partial charge in [0.1, 0.15) is 11.6 Å². The van der Waals surface area contributed by atoms with Gasteiger partial charge in [0, 0.05) is 44.6 Å². The van der Waals surface area contributed by atoms with E-state index in [-0.39, 0.29) is 17.6 Å². The van der Waals surface area contributed by atoms with Crippen molar-refractivity contribution >= 4 is 5.91 Å². The molecule has 0 radical (unpaired) electrons. The smallest absolute Gasteiger partial charge is 0.224 e. The second-order valence-corrected chi connectivity index (χ2v) is 6.54. The molecular formula is C19H24FN3O2. The second kappa shape index (κ2) is 7.78. The number of imidazole rings is 1. The highest BCUT2D eigenvalue weighted by Crippen LogP contribution is 2.28. The number of halogens is 1. The molecule has 3 rings (SSSR count). The Morgan fingerprint density at radius 2 is 2.12 bits per heavy atom. The molecule has 0 N–H and O–H groups in total. The van der Waals surface area contributed by atoms with Gasteiger partial charge in [-0.1, -0.05) is 12.1 Å². The fourth-order valence-electron chi connectivity index (χ4n) is 3.33. The van der Waals surface area contributed by atoms with Gasteiger partial charge in [0.25, 0.3) is 0 Å². The van der Waals surface area contributed by atoms with Gasteiger partial charge in [-0.15, -0.1) is 0 Å². The van der Waals surface area contributed by atoms with Crippen LogP contribution in [-0.2, 0) is 16.1 Å². The Bertz CT molecular complexity index is 727. The van der Waals surface area contributed by atoms with Crippen molar-refractivity contribution < 1.29 is 13.9 Å². The van der Waals surface area contributed by atoms with Crippen LogP contribution in [-0.4, -0.2) is 47.2 Å². The lowest BCUT2D eigenvalue weighted by Crippen LogP contribution is -2.29. The lowest BCUT2D eigenvalue weighted by Gasteiger charge is -2.17. The van der Waals surface area contributed by atoms with Crippen LogP contribution >= 0.6 is 0 Å². The van der Waals surface area contributed by atoms with Crippen LogP contribution in [0.15, 0.2) is 30.5 Å². The van der Waals surface area contributed by atoms with E-state index < -0.39 is 0 Å². The first-order chi connectivity index (χ1) is 12.1. The molecule has 1 amide bonds. The van der Waals surface area contributed by atoms with Gasteiger partial charge in [-0.25, -0.2) is 9.37 Å². The molecule has 0 aliphatic carbocycles. The van der Waals surface area contributed by atoms with Gasteiger partial charge in [0.2, 0.25) is 5.91 Å². The number of likely N-dealkylation sites (tertiary alicyclic amines) is 1. The summed E-state index contributed by atoms with van der Waals surface area (Å²) in [7, 11) is 1.61. The van der Waals surface area contributed by atoms with Crippen LogP contribution in [0, 0.1) is 12.7 Å². The third kappa shape index (κ3) is 4.07. The first kappa shape index (κ1) is 17.6. The van der Waals surface area contributed by atoms with Gasteiger partial charge in [-0.05, 0) is 31.0 Å². The Morgan fingerprint density at radius 3 is 2.84 bits per heavy atom. The van der Waals surface area contributed by atoms with Crippen molar-refractivity contribution in [3.05, 3.63) is 53.4 Å². The topological polar surface area (TPSA) is 47.4 Å². The van der Waals surface area contributed by atoms with Gasteiger partial charge in [-0.3, -0.25) is 4.79 Å². The SMILES string of the molecule is COCCC(=O)N1CCC(c2ncc(C)n2Cc2ccc(F)cc2)C1. The predicted octanol–water partition coefficient (Wildman–Crippen LogP) is 2.73. The summed E-state index contributed by atoms with van der Waals surface area (Å²) in [5.74, 6) is 1.15.